The lowest BCUT2D eigenvalue weighted by atomic mass is 10.1. The Balaban J connectivity index is 1.98. The Bertz CT molecular complexity index is 720. The van der Waals surface area contributed by atoms with Gasteiger partial charge in [-0.25, -0.2) is 4.39 Å². The molecule has 0 aliphatic rings. The van der Waals surface area contributed by atoms with Crippen LogP contribution in [-0.4, -0.2) is 12.5 Å². The van der Waals surface area contributed by atoms with E-state index in [9.17, 15) is 9.18 Å². The van der Waals surface area contributed by atoms with Crippen molar-refractivity contribution in [3.63, 3.8) is 0 Å². The van der Waals surface area contributed by atoms with Crippen LogP contribution in [0.15, 0.2) is 30.3 Å². The maximum Gasteiger partial charge on any atom is 0.262 e. The summed E-state index contributed by atoms with van der Waals surface area (Å²) in [6.07, 6.45) is 0. The van der Waals surface area contributed by atoms with Gasteiger partial charge in [0.15, 0.2) is 6.61 Å². The summed E-state index contributed by atoms with van der Waals surface area (Å²) in [4.78, 5) is 11.8. The zero-order valence-electron chi connectivity index (χ0n) is 12.0. The van der Waals surface area contributed by atoms with Gasteiger partial charge in [0.05, 0.1) is 5.02 Å². The van der Waals surface area contributed by atoms with E-state index in [1.807, 2.05) is 13.8 Å². The molecule has 2 rings (SSSR count). The first-order chi connectivity index (χ1) is 10.4. The minimum Gasteiger partial charge on any atom is -0.483 e. The molecule has 1 amide bonds. The average Bonchev–Trinajstić information content (AvgIpc) is 2.48. The van der Waals surface area contributed by atoms with E-state index in [4.69, 9.17) is 27.9 Å². The third-order valence-electron chi connectivity index (χ3n) is 3.23. The van der Waals surface area contributed by atoms with E-state index >= 15 is 0 Å². The summed E-state index contributed by atoms with van der Waals surface area (Å²) in [5.74, 6) is -0.313. The fourth-order valence-corrected chi connectivity index (χ4v) is 2.22. The molecule has 3 nitrogen and oxygen atoms in total. The van der Waals surface area contributed by atoms with Crippen molar-refractivity contribution in [2.45, 2.75) is 13.8 Å². The quantitative estimate of drug-likeness (QED) is 0.869. The van der Waals surface area contributed by atoms with Crippen LogP contribution < -0.4 is 10.1 Å². The highest BCUT2D eigenvalue weighted by Gasteiger charge is 2.09. The summed E-state index contributed by atoms with van der Waals surface area (Å²) in [6, 6.07) is 7.39. The van der Waals surface area contributed by atoms with Gasteiger partial charge in [0.25, 0.3) is 5.91 Å². The minimum atomic E-state index is -0.539. The third-order valence-corrected chi connectivity index (χ3v) is 3.93. The number of rotatable bonds is 4. The van der Waals surface area contributed by atoms with Crippen LogP contribution in [0.4, 0.5) is 10.1 Å². The number of amides is 1. The van der Waals surface area contributed by atoms with E-state index in [2.05, 4.69) is 5.32 Å². The fourth-order valence-electron chi connectivity index (χ4n) is 1.83. The topological polar surface area (TPSA) is 38.3 Å². The molecule has 0 atom stereocenters. The summed E-state index contributed by atoms with van der Waals surface area (Å²) in [5.41, 5.74) is 2.19. The molecule has 0 saturated carbocycles. The molecule has 0 unspecified atom stereocenters. The van der Waals surface area contributed by atoms with Gasteiger partial charge in [-0.1, -0.05) is 23.2 Å². The smallest absolute Gasteiger partial charge is 0.262 e. The van der Waals surface area contributed by atoms with Crippen molar-refractivity contribution in [1.29, 1.82) is 0 Å². The van der Waals surface area contributed by atoms with Crippen molar-refractivity contribution in [3.05, 3.63) is 57.3 Å². The van der Waals surface area contributed by atoms with Crippen LogP contribution in [-0.2, 0) is 4.79 Å². The zero-order chi connectivity index (χ0) is 16.3. The molecule has 0 aromatic heterocycles. The van der Waals surface area contributed by atoms with E-state index in [1.165, 1.54) is 18.2 Å². The highest BCUT2D eigenvalue weighted by atomic mass is 35.5. The van der Waals surface area contributed by atoms with Gasteiger partial charge in [0.1, 0.15) is 11.6 Å². The molecular formula is C16H14Cl2FNO2. The van der Waals surface area contributed by atoms with Gasteiger partial charge in [-0.05, 0) is 55.3 Å². The molecule has 0 spiro atoms. The SMILES string of the molecule is Cc1c(Cl)ccc(OCC(=O)Nc2ccc(F)c(Cl)c2)c1C. The summed E-state index contributed by atoms with van der Waals surface area (Å²) in [6.45, 7) is 3.58. The Morgan fingerprint density at radius 2 is 1.86 bits per heavy atom. The number of benzene rings is 2. The number of carbonyl (C=O) groups is 1. The molecular weight excluding hydrogens is 328 g/mol. The fraction of sp³-hybridized carbons (Fsp3) is 0.188. The summed E-state index contributed by atoms with van der Waals surface area (Å²) in [5, 5.41) is 3.18. The third kappa shape index (κ3) is 3.90. The van der Waals surface area contributed by atoms with E-state index in [0.717, 1.165) is 11.1 Å². The van der Waals surface area contributed by atoms with Crippen LogP contribution in [0.5, 0.6) is 5.75 Å². The van der Waals surface area contributed by atoms with Gasteiger partial charge in [0.2, 0.25) is 0 Å². The first-order valence-corrected chi connectivity index (χ1v) is 7.27. The number of hydrogen-bond donors (Lipinski definition) is 1. The maximum atomic E-state index is 13.0. The van der Waals surface area contributed by atoms with Crippen molar-refractivity contribution in [3.8, 4) is 5.75 Å². The van der Waals surface area contributed by atoms with Crippen molar-refractivity contribution in [2.24, 2.45) is 0 Å². The Kier molecular flexibility index (Phi) is 5.27. The van der Waals surface area contributed by atoms with Crippen LogP contribution >= 0.6 is 23.2 Å². The van der Waals surface area contributed by atoms with Gasteiger partial charge >= 0.3 is 0 Å². The lowest BCUT2D eigenvalue weighted by Crippen LogP contribution is -2.20. The molecule has 116 valence electrons. The number of halogens is 3. The first kappa shape index (κ1) is 16.6. The first-order valence-electron chi connectivity index (χ1n) is 6.52. The number of carbonyl (C=O) groups excluding carboxylic acids is 1. The number of anilines is 1. The van der Waals surface area contributed by atoms with Crippen LogP contribution in [0.1, 0.15) is 11.1 Å². The molecule has 0 aliphatic heterocycles. The van der Waals surface area contributed by atoms with E-state index in [1.54, 1.807) is 12.1 Å². The van der Waals surface area contributed by atoms with E-state index < -0.39 is 5.82 Å². The molecule has 6 heteroatoms. The van der Waals surface area contributed by atoms with Crippen molar-refractivity contribution in [2.75, 3.05) is 11.9 Å². The predicted octanol–water partition coefficient (Wildman–Crippen LogP) is 4.77. The molecule has 0 saturated heterocycles. The maximum absolute atomic E-state index is 13.0. The number of hydrogen-bond acceptors (Lipinski definition) is 2. The highest BCUT2D eigenvalue weighted by Crippen LogP contribution is 2.27. The molecule has 22 heavy (non-hydrogen) atoms. The Hall–Kier alpha value is -1.78. The van der Waals surface area contributed by atoms with Gasteiger partial charge in [-0.3, -0.25) is 4.79 Å². The van der Waals surface area contributed by atoms with Crippen molar-refractivity contribution in [1.82, 2.24) is 0 Å². The molecule has 0 bridgehead atoms. The van der Waals surface area contributed by atoms with Crippen LogP contribution in [0.25, 0.3) is 0 Å². The van der Waals surface area contributed by atoms with E-state index in [0.29, 0.717) is 16.5 Å². The second-order valence-corrected chi connectivity index (χ2v) is 5.58. The molecule has 1 N–H and O–H groups in total. The zero-order valence-corrected chi connectivity index (χ0v) is 13.6. The average molecular weight is 342 g/mol. The monoisotopic (exact) mass is 341 g/mol. The summed E-state index contributed by atoms with van der Waals surface area (Å²) in [7, 11) is 0. The summed E-state index contributed by atoms with van der Waals surface area (Å²) >= 11 is 11.7. The van der Waals surface area contributed by atoms with Gasteiger partial charge in [-0.15, -0.1) is 0 Å². The van der Waals surface area contributed by atoms with Crippen LogP contribution in [0, 0.1) is 19.7 Å². The molecule has 0 fully saturated rings. The molecule has 0 radical (unpaired) electrons. The molecule has 0 aliphatic carbocycles. The van der Waals surface area contributed by atoms with Crippen molar-refractivity contribution < 1.29 is 13.9 Å². The summed E-state index contributed by atoms with van der Waals surface area (Å²) < 4.78 is 18.5. The number of nitrogens with one attached hydrogen (secondary N) is 1. The predicted molar refractivity (Wildman–Crippen MR) is 86.5 cm³/mol. The van der Waals surface area contributed by atoms with Gasteiger partial charge in [-0.2, -0.15) is 0 Å². The Morgan fingerprint density at radius 3 is 2.55 bits per heavy atom. The standard InChI is InChI=1S/C16H14Cl2FNO2/c1-9-10(2)15(6-4-12(9)17)22-8-16(21)20-11-3-5-14(19)13(18)7-11/h3-7H,8H2,1-2H3,(H,20,21). The highest BCUT2D eigenvalue weighted by molar-refractivity contribution is 6.31. The van der Waals surface area contributed by atoms with Crippen LogP contribution in [0.2, 0.25) is 10.0 Å². The minimum absolute atomic E-state index is 0.0529. The second-order valence-electron chi connectivity index (χ2n) is 4.76. The normalized spacial score (nSPS) is 10.4. The largest absolute Gasteiger partial charge is 0.483 e. The lowest BCUT2D eigenvalue weighted by Gasteiger charge is -2.12. The van der Waals surface area contributed by atoms with Gasteiger partial charge in [0, 0.05) is 10.7 Å². The van der Waals surface area contributed by atoms with Crippen LogP contribution in [0.3, 0.4) is 0 Å². The Morgan fingerprint density at radius 1 is 1.14 bits per heavy atom. The Labute approximate surface area is 138 Å². The number of ether oxygens (including phenoxy) is 1. The molecule has 2 aromatic carbocycles. The lowest BCUT2D eigenvalue weighted by molar-refractivity contribution is -0.118. The van der Waals surface area contributed by atoms with Gasteiger partial charge < -0.3 is 10.1 Å². The molecule has 0 heterocycles. The van der Waals surface area contributed by atoms with Crippen molar-refractivity contribution >= 4 is 34.8 Å². The molecule has 2 aromatic rings. The second kappa shape index (κ2) is 6.99. The van der Waals surface area contributed by atoms with E-state index in [-0.39, 0.29) is 17.5 Å².